The van der Waals surface area contributed by atoms with Gasteiger partial charge in [0.1, 0.15) is 11.6 Å². The lowest BCUT2D eigenvalue weighted by Gasteiger charge is -2.27. The molecule has 1 aliphatic rings. The van der Waals surface area contributed by atoms with Gasteiger partial charge in [0.05, 0.1) is 12.7 Å². The van der Waals surface area contributed by atoms with Crippen molar-refractivity contribution in [1.82, 2.24) is 19.9 Å². The molecule has 7 heteroatoms. The van der Waals surface area contributed by atoms with Crippen LogP contribution in [0.3, 0.4) is 0 Å². The highest BCUT2D eigenvalue weighted by molar-refractivity contribution is 5.85. The Hall–Kier alpha value is -1.92. The number of esters is 1. The molecule has 1 aromatic heterocycles. The highest BCUT2D eigenvalue weighted by Crippen LogP contribution is 2.22. The van der Waals surface area contributed by atoms with E-state index < -0.39 is 11.6 Å². The molecular weight excluding hydrogens is 272 g/mol. The van der Waals surface area contributed by atoms with Crippen LogP contribution in [-0.4, -0.2) is 50.0 Å². The van der Waals surface area contributed by atoms with E-state index in [2.05, 4.69) is 10.3 Å². The first kappa shape index (κ1) is 15.5. The summed E-state index contributed by atoms with van der Waals surface area (Å²) in [5, 5.41) is 7.52. The fraction of sp³-hybridized carbons (Fsp3) is 0.714. The maximum atomic E-state index is 12.3. The number of aromatic nitrogens is 3. The molecular formula is C14H22N4O3. The average Bonchev–Trinajstić information content (AvgIpc) is 3.05. The first-order valence-corrected chi connectivity index (χ1v) is 7.23. The van der Waals surface area contributed by atoms with Crippen molar-refractivity contribution in [2.75, 3.05) is 6.54 Å². The predicted molar refractivity (Wildman–Crippen MR) is 75.2 cm³/mol. The van der Waals surface area contributed by atoms with E-state index in [9.17, 15) is 9.59 Å². The Balaban J connectivity index is 1.91. The number of amides is 1. The SMILES string of the molecule is CC(C)(C)OC(=O)[C@H]1CCCN1C(=O)CCn1ccnn1. The van der Waals surface area contributed by atoms with Gasteiger partial charge >= 0.3 is 5.97 Å². The van der Waals surface area contributed by atoms with E-state index in [4.69, 9.17) is 4.74 Å². The average molecular weight is 294 g/mol. The van der Waals surface area contributed by atoms with Crippen LogP contribution in [0.5, 0.6) is 0 Å². The number of carbonyl (C=O) groups is 2. The Morgan fingerprint density at radius 1 is 1.38 bits per heavy atom. The van der Waals surface area contributed by atoms with Gasteiger partial charge in [-0.05, 0) is 33.6 Å². The summed E-state index contributed by atoms with van der Waals surface area (Å²) in [6, 6.07) is -0.451. The zero-order valence-corrected chi connectivity index (χ0v) is 12.8. The fourth-order valence-corrected chi connectivity index (χ4v) is 2.39. The van der Waals surface area contributed by atoms with Crippen LogP contribution in [0.2, 0.25) is 0 Å². The van der Waals surface area contributed by atoms with Crippen LogP contribution in [0.15, 0.2) is 12.4 Å². The molecule has 1 amide bonds. The lowest BCUT2D eigenvalue weighted by Crippen LogP contribution is -2.43. The Kier molecular flexibility index (Phi) is 4.59. The van der Waals surface area contributed by atoms with Gasteiger partial charge < -0.3 is 9.64 Å². The highest BCUT2D eigenvalue weighted by atomic mass is 16.6. The Morgan fingerprint density at radius 2 is 2.14 bits per heavy atom. The van der Waals surface area contributed by atoms with Crippen LogP contribution >= 0.6 is 0 Å². The van der Waals surface area contributed by atoms with Crippen LogP contribution in [0.25, 0.3) is 0 Å². The lowest BCUT2D eigenvalue weighted by molar-refractivity contribution is -0.163. The van der Waals surface area contributed by atoms with Crippen molar-refractivity contribution in [3.05, 3.63) is 12.4 Å². The number of ether oxygens (including phenoxy) is 1. The van der Waals surface area contributed by atoms with Gasteiger partial charge in [-0.1, -0.05) is 5.21 Å². The van der Waals surface area contributed by atoms with Gasteiger partial charge in [-0.2, -0.15) is 0 Å². The molecule has 1 aliphatic heterocycles. The molecule has 2 heterocycles. The minimum atomic E-state index is -0.533. The van der Waals surface area contributed by atoms with Crippen molar-refractivity contribution in [3.63, 3.8) is 0 Å². The van der Waals surface area contributed by atoms with Crippen molar-refractivity contribution < 1.29 is 14.3 Å². The normalized spacial score (nSPS) is 18.8. The second-order valence-electron chi connectivity index (χ2n) is 6.19. The van der Waals surface area contributed by atoms with Gasteiger partial charge in [0.15, 0.2) is 0 Å². The van der Waals surface area contributed by atoms with Crippen molar-refractivity contribution in [2.45, 2.75) is 58.2 Å². The van der Waals surface area contributed by atoms with Gasteiger partial charge in [-0.25, -0.2) is 4.79 Å². The van der Waals surface area contributed by atoms with E-state index >= 15 is 0 Å². The smallest absolute Gasteiger partial charge is 0.329 e. The zero-order valence-electron chi connectivity index (χ0n) is 12.8. The van der Waals surface area contributed by atoms with Gasteiger partial charge in [-0.3, -0.25) is 9.48 Å². The fourth-order valence-electron chi connectivity index (χ4n) is 2.39. The minimum absolute atomic E-state index is 0.0427. The summed E-state index contributed by atoms with van der Waals surface area (Å²) < 4.78 is 7.00. The summed E-state index contributed by atoms with van der Waals surface area (Å²) >= 11 is 0. The van der Waals surface area contributed by atoms with E-state index in [0.29, 0.717) is 25.9 Å². The molecule has 0 spiro atoms. The molecule has 2 rings (SSSR count). The first-order chi connectivity index (χ1) is 9.87. The summed E-state index contributed by atoms with van der Waals surface area (Å²) in [6.07, 6.45) is 5.10. The molecule has 0 radical (unpaired) electrons. The van der Waals surface area contributed by atoms with Gasteiger partial charge in [0.25, 0.3) is 0 Å². The molecule has 0 N–H and O–H groups in total. The number of hydrogen-bond donors (Lipinski definition) is 0. The van der Waals surface area contributed by atoms with E-state index in [1.54, 1.807) is 22.0 Å². The van der Waals surface area contributed by atoms with Crippen LogP contribution < -0.4 is 0 Å². The molecule has 1 fully saturated rings. The second kappa shape index (κ2) is 6.24. The molecule has 0 bridgehead atoms. The Bertz CT molecular complexity index is 493. The predicted octanol–water partition coefficient (Wildman–Crippen LogP) is 1.00. The topological polar surface area (TPSA) is 77.3 Å². The van der Waals surface area contributed by atoms with E-state index in [-0.39, 0.29) is 11.9 Å². The van der Waals surface area contributed by atoms with Crippen molar-refractivity contribution in [2.24, 2.45) is 0 Å². The number of rotatable bonds is 4. The summed E-state index contributed by atoms with van der Waals surface area (Å²) in [5.41, 5.74) is -0.533. The molecule has 1 aromatic rings. The van der Waals surface area contributed by atoms with Crippen LogP contribution in [0.1, 0.15) is 40.0 Å². The number of likely N-dealkylation sites (tertiary alicyclic amines) is 1. The molecule has 0 aromatic carbocycles. The van der Waals surface area contributed by atoms with Gasteiger partial charge in [-0.15, -0.1) is 5.10 Å². The molecule has 0 unspecified atom stereocenters. The molecule has 21 heavy (non-hydrogen) atoms. The summed E-state index contributed by atoms with van der Waals surface area (Å²) in [5.74, 6) is -0.354. The molecule has 116 valence electrons. The quantitative estimate of drug-likeness (QED) is 0.774. The van der Waals surface area contributed by atoms with E-state index in [1.807, 2.05) is 20.8 Å². The van der Waals surface area contributed by atoms with E-state index in [1.165, 1.54) is 0 Å². The highest BCUT2D eigenvalue weighted by Gasteiger charge is 2.36. The Morgan fingerprint density at radius 3 is 2.76 bits per heavy atom. The van der Waals surface area contributed by atoms with Crippen molar-refractivity contribution >= 4 is 11.9 Å². The van der Waals surface area contributed by atoms with Crippen LogP contribution in [-0.2, 0) is 20.9 Å². The summed E-state index contributed by atoms with van der Waals surface area (Å²) in [4.78, 5) is 26.1. The third-order valence-corrected chi connectivity index (χ3v) is 3.28. The van der Waals surface area contributed by atoms with Gasteiger partial charge in [0.2, 0.25) is 5.91 Å². The standard InChI is InChI=1S/C14H22N4O3/c1-14(2,3)21-13(20)11-5-4-8-18(11)12(19)6-9-17-10-7-15-16-17/h7,10-11H,4-6,8-9H2,1-3H3/t11-/m1/s1. The third-order valence-electron chi connectivity index (χ3n) is 3.28. The number of nitrogens with zero attached hydrogens (tertiary/aromatic N) is 4. The van der Waals surface area contributed by atoms with Crippen molar-refractivity contribution in [3.8, 4) is 0 Å². The van der Waals surface area contributed by atoms with Crippen molar-refractivity contribution in [1.29, 1.82) is 0 Å². The Labute approximate surface area is 124 Å². The van der Waals surface area contributed by atoms with Crippen LogP contribution in [0, 0.1) is 0 Å². The molecule has 1 saturated heterocycles. The number of aryl methyl sites for hydroxylation is 1. The number of carbonyl (C=O) groups excluding carboxylic acids is 2. The second-order valence-corrected chi connectivity index (χ2v) is 6.19. The van der Waals surface area contributed by atoms with Crippen LogP contribution in [0.4, 0.5) is 0 Å². The van der Waals surface area contributed by atoms with Gasteiger partial charge in [0, 0.05) is 19.2 Å². The molecule has 7 nitrogen and oxygen atoms in total. The lowest BCUT2D eigenvalue weighted by atomic mass is 10.1. The zero-order chi connectivity index (χ0) is 15.5. The number of hydrogen-bond acceptors (Lipinski definition) is 5. The molecule has 0 aliphatic carbocycles. The molecule has 1 atom stereocenters. The monoisotopic (exact) mass is 294 g/mol. The summed E-state index contributed by atoms with van der Waals surface area (Å²) in [7, 11) is 0. The maximum absolute atomic E-state index is 12.3. The van der Waals surface area contributed by atoms with E-state index in [0.717, 1.165) is 6.42 Å². The first-order valence-electron chi connectivity index (χ1n) is 7.23. The maximum Gasteiger partial charge on any atom is 0.329 e. The summed E-state index contributed by atoms with van der Waals surface area (Å²) in [6.45, 7) is 6.57. The molecule has 0 saturated carbocycles. The minimum Gasteiger partial charge on any atom is -0.458 e. The third kappa shape index (κ3) is 4.27. The largest absolute Gasteiger partial charge is 0.458 e.